The first-order chi connectivity index (χ1) is 6.86. The molecule has 14 heavy (non-hydrogen) atoms. The zero-order valence-corrected chi connectivity index (χ0v) is 7.73. The van der Waals surface area contributed by atoms with E-state index in [9.17, 15) is 0 Å². The molecule has 0 saturated carbocycles. The summed E-state index contributed by atoms with van der Waals surface area (Å²) < 4.78 is 5.52. The lowest BCUT2D eigenvalue weighted by atomic mass is 10.00. The van der Waals surface area contributed by atoms with Crippen molar-refractivity contribution in [1.29, 1.82) is 0 Å². The van der Waals surface area contributed by atoms with Crippen molar-refractivity contribution in [3.8, 4) is 5.75 Å². The van der Waals surface area contributed by atoms with Crippen LogP contribution in [0.25, 0.3) is 10.9 Å². The molecule has 2 nitrogen and oxygen atoms in total. The number of hydrogen-bond donors (Lipinski definition) is 0. The van der Waals surface area contributed by atoms with Gasteiger partial charge in [-0.25, -0.2) is 0 Å². The van der Waals surface area contributed by atoms with Crippen LogP contribution in [0.2, 0.25) is 0 Å². The van der Waals surface area contributed by atoms with Crippen molar-refractivity contribution in [2.75, 3.05) is 6.61 Å². The fourth-order valence-corrected chi connectivity index (χ4v) is 1.94. The summed E-state index contributed by atoms with van der Waals surface area (Å²) >= 11 is 0. The Bertz CT molecular complexity index is 493. The van der Waals surface area contributed by atoms with Crippen LogP contribution in [0.5, 0.6) is 5.75 Å². The second-order valence-electron chi connectivity index (χ2n) is 3.56. The first kappa shape index (κ1) is 7.80. The molecular formula is C12H10NO. The molecule has 1 aromatic heterocycles. The highest BCUT2D eigenvalue weighted by Crippen LogP contribution is 2.37. The van der Waals surface area contributed by atoms with E-state index in [1.807, 2.05) is 24.4 Å². The molecule has 1 radical (unpaired) electrons. The fraction of sp³-hybridized carbons (Fsp3) is 0.167. The molecule has 0 amide bonds. The van der Waals surface area contributed by atoms with E-state index in [0.717, 1.165) is 22.2 Å². The van der Waals surface area contributed by atoms with Crippen LogP contribution in [0.15, 0.2) is 30.5 Å². The van der Waals surface area contributed by atoms with Crippen molar-refractivity contribution < 1.29 is 4.74 Å². The van der Waals surface area contributed by atoms with Gasteiger partial charge in [-0.2, -0.15) is 0 Å². The van der Waals surface area contributed by atoms with Gasteiger partial charge in [0.15, 0.2) is 0 Å². The Morgan fingerprint density at radius 2 is 2.29 bits per heavy atom. The summed E-state index contributed by atoms with van der Waals surface area (Å²) in [5.74, 6) is 1.15. The molecule has 0 bridgehead atoms. The van der Waals surface area contributed by atoms with E-state index >= 15 is 0 Å². The third-order valence-corrected chi connectivity index (χ3v) is 2.62. The summed E-state index contributed by atoms with van der Waals surface area (Å²) in [4.78, 5) is 4.38. The maximum absolute atomic E-state index is 5.52. The Hall–Kier alpha value is -1.57. The minimum atomic E-state index is 0.212. The molecule has 2 heterocycles. The second-order valence-corrected chi connectivity index (χ2v) is 3.56. The zero-order chi connectivity index (χ0) is 9.54. The van der Waals surface area contributed by atoms with Crippen LogP contribution >= 0.6 is 0 Å². The van der Waals surface area contributed by atoms with Crippen molar-refractivity contribution in [3.63, 3.8) is 0 Å². The largest absolute Gasteiger partial charge is 0.493 e. The van der Waals surface area contributed by atoms with Gasteiger partial charge in [0, 0.05) is 23.1 Å². The van der Waals surface area contributed by atoms with Crippen LogP contribution in [-0.2, 0) is 0 Å². The Morgan fingerprint density at radius 1 is 1.36 bits per heavy atom. The highest BCUT2D eigenvalue weighted by molar-refractivity contribution is 5.85. The molecule has 0 fully saturated rings. The molecule has 0 spiro atoms. The van der Waals surface area contributed by atoms with E-state index < -0.39 is 0 Å². The topological polar surface area (TPSA) is 22.1 Å². The molecule has 1 atom stereocenters. The van der Waals surface area contributed by atoms with Gasteiger partial charge in [0.25, 0.3) is 0 Å². The smallest absolute Gasteiger partial charge is 0.125 e. The number of aromatic nitrogens is 1. The van der Waals surface area contributed by atoms with Crippen molar-refractivity contribution in [2.45, 2.75) is 5.92 Å². The van der Waals surface area contributed by atoms with Gasteiger partial charge in [-0.1, -0.05) is 6.07 Å². The first-order valence-corrected chi connectivity index (χ1v) is 4.70. The van der Waals surface area contributed by atoms with Crippen LogP contribution in [0.3, 0.4) is 0 Å². The molecule has 1 aliphatic heterocycles. The molecule has 1 aliphatic rings. The molecule has 69 valence electrons. The molecule has 0 N–H and O–H groups in total. The highest BCUT2D eigenvalue weighted by Gasteiger charge is 2.22. The Morgan fingerprint density at radius 3 is 3.21 bits per heavy atom. The molecule has 3 rings (SSSR count). The number of ether oxygens (including phenoxy) is 1. The predicted octanol–water partition coefficient (Wildman–Crippen LogP) is 2.54. The third-order valence-electron chi connectivity index (χ3n) is 2.62. The maximum atomic E-state index is 5.52. The molecule has 0 saturated heterocycles. The van der Waals surface area contributed by atoms with Crippen LogP contribution in [0.4, 0.5) is 0 Å². The van der Waals surface area contributed by atoms with Gasteiger partial charge in [0.05, 0.1) is 12.1 Å². The van der Waals surface area contributed by atoms with E-state index in [2.05, 4.69) is 18.0 Å². The number of nitrogens with zero attached hydrogens (tertiary/aromatic N) is 1. The predicted molar refractivity (Wildman–Crippen MR) is 55.3 cm³/mol. The van der Waals surface area contributed by atoms with Crippen LogP contribution in [-0.4, -0.2) is 11.6 Å². The molecule has 2 aromatic rings. The average molecular weight is 184 g/mol. The maximum Gasteiger partial charge on any atom is 0.125 e. The fourth-order valence-electron chi connectivity index (χ4n) is 1.94. The normalized spacial score (nSPS) is 19.4. The Balaban J connectivity index is 2.41. The minimum Gasteiger partial charge on any atom is -0.493 e. The SMILES string of the molecule is [CH2]C1COc2ccc3cccnc3c21. The second kappa shape index (κ2) is 2.71. The molecule has 1 aromatic carbocycles. The lowest BCUT2D eigenvalue weighted by Crippen LogP contribution is -1.95. The quantitative estimate of drug-likeness (QED) is 0.627. The monoisotopic (exact) mass is 184 g/mol. The van der Waals surface area contributed by atoms with Crippen molar-refractivity contribution >= 4 is 10.9 Å². The van der Waals surface area contributed by atoms with Gasteiger partial charge in [0.2, 0.25) is 0 Å². The summed E-state index contributed by atoms with van der Waals surface area (Å²) in [5, 5.41) is 1.16. The van der Waals surface area contributed by atoms with E-state index in [1.165, 1.54) is 0 Å². The van der Waals surface area contributed by atoms with Gasteiger partial charge in [-0.15, -0.1) is 0 Å². The van der Waals surface area contributed by atoms with Crippen molar-refractivity contribution in [2.24, 2.45) is 0 Å². The minimum absolute atomic E-state index is 0.212. The molecule has 1 unspecified atom stereocenters. The van der Waals surface area contributed by atoms with E-state index in [-0.39, 0.29) is 5.92 Å². The summed E-state index contributed by atoms with van der Waals surface area (Å²) in [5.41, 5.74) is 2.19. The summed E-state index contributed by atoms with van der Waals surface area (Å²) in [7, 11) is 0. The average Bonchev–Trinajstić information content (AvgIpc) is 2.61. The van der Waals surface area contributed by atoms with Gasteiger partial charge in [0.1, 0.15) is 5.75 Å². The summed E-state index contributed by atoms with van der Waals surface area (Å²) in [6.07, 6.45) is 1.81. The summed E-state index contributed by atoms with van der Waals surface area (Å²) in [6.45, 7) is 4.74. The zero-order valence-electron chi connectivity index (χ0n) is 7.73. The van der Waals surface area contributed by atoms with Gasteiger partial charge < -0.3 is 4.74 Å². The number of rotatable bonds is 0. The number of fused-ring (bicyclic) bond motifs is 3. The highest BCUT2D eigenvalue weighted by atomic mass is 16.5. The number of benzene rings is 1. The van der Waals surface area contributed by atoms with Gasteiger partial charge in [-0.05, 0) is 25.1 Å². The van der Waals surface area contributed by atoms with Gasteiger partial charge >= 0.3 is 0 Å². The first-order valence-electron chi connectivity index (χ1n) is 4.70. The lowest BCUT2D eigenvalue weighted by Gasteiger charge is -2.04. The van der Waals surface area contributed by atoms with Crippen LogP contribution in [0.1, 0.15) is 11.5 Å². The van der Waals surface area contributed by atoms with Gasteiger partial charge in [-0.3, -0.25) is 4.98 Å². The standard InChI is InChI=1S/C12H10NO/c1-8-7-14-10-5-4-9-3-2-6-13-12(9)11(8)10/h2-6,8H,1,7H2. The van der Waals surface area contributed by atoms with E-state index in [0.29, 0.717) is 6.61 Å². The third kappa shape index (κ3) is 0.939. The van der Waals surface area contributed by atoms with Crippen molar-refractivity contribution in [3.05, 3.63) is 42.9 Å². The lowest BCUT2D eigenvalue weighted by molar-refractivity contribution is 0.344. The van der Waals surface area contributed by atoms with E-state index in [1.54, 1.807) is 0 Å². The molecule has 2 heteroatoms. The number of pyridine rings is 1. The van der Waals surface area contributed by atoms with Crippen LogP contribution in [0, 0.1) is 6.92 Å². The molecular weight excluding hydrogens is 174 g/mol. The molecule has 0 aliphatic carbocycles. The Labute approximate surface area is 82.5 Å². The van der Waals surface area contributed by atoms with E-state index in [4.69, 9.17) is 4.74 Å². The summed E-state index contributed by atoms with van der Waals surface area (Å²) in [6, 6.07) is 8.06. The van der Waals surface area contributed by atoms with Crippen LogP contribution < -0.4 is 4.74 Å². The van der Waals surface area contributed by atoms with Crippen molar-refractivity contribution in [1.82, 2.24) is 4.98 Å². The Kier molecular flexibility index (Phi) is 1.51. The number of hydrogen-bond acceptors (Lipinski definition) is 2.